The van der Waals surface area contributed by atoms with Gasteiger partial charge in [0.15, 0.2) is 11.5 Å². The molecule has 0 saturated heterocycles. The summed E-state index contributed by atoms with van der Waals surface area (Å²) in [4.78, 5) is 13.9. The van der Waals surface area contributed by atoms with Crippen molar-refractivity contribution < 1.29 is 29.6 Å². The lowest BCUT2D eigenvalue weighted by Crippen LogP contribution is -2.35. The Balaban J connectivity index is 1.35. The fraction of sp³-hybridized carbons (Fsp3) is 0.410. The maximum atomic E-state index is 13.9. The molecule has 3 aliphatic rings. The number of methoxy groups -OCH3 is 1. The first-order valence-corrected chi connectivity index (χ1v) is 19.4. The molecule has 10 heteroatoms. The van der Waals surface area contributed by atoms with E-state index in [1.54, 1.807) is 31.4 Å². The number of phenols is 3. The average Bonchev–Trinajstić information content (AvgIpc) is 3.09. The number of nitrogens with one attached hydrogen (secondary N) is 2. The molecule has 0 amide bonds. The Kier molecular flexibility index (Phi) is 11.6. The number of aryl methyl sites for hydroxylation is 1. The van der Waals surface area contributed by atoms with Crippen LogP contribution < -0.4 is 15.4 Å². The topological polar surface area (TPSA) is 120 Å². The van der Waals surface area contributed by atoms with Crippen LogP contribution in [0.4, 0.5) is 0 Å². The monoisotopic (exact) mass is 702 g/mol. The van der Waals surface area contributed by atoms with Crippen LogP contribution in [0.5, 0.6) is 23.0 Å². The van der Waals surface area contributed by atoms with E-state index in [1.807, 2.05) is 66.0 Å². The summed E-state index contributed by atoms with van der Waals surface area (Å²) < 4.78 is 12.6. The summed E-state index contributed by atoms with van der Waals surface area (Å²) in [5.41, 5.74) is 5.47. The molecule has 1 fully saturated rings. The first kappa shape index (κ1) is 35.4. The smallest absolute Gasteiger partial charge is 0.168 e. The van der Waals surface area contributed by atoms with Crippen LogP contribution in [-0.4, -0.2) is 53.7 Å². The number of aromatic hydroxyl groups is 3. The first-order valence-electron chi connectivity index (χ1n) is 17.0. The largest absolute Gasteiger partial charge is 0.508 e. The minimum absolute atomic E-state index is 0.0414. The van der Waals surface area contributed by atoms with Gasteiger partial charge in [0.2, 0.25) is 0 Å². The zero-order valence-electron chi connectivity index (χ0n) is 28.3. The van der Waals surface area contributed by atoms with Gasteiger partial charge in [0.25, 0.3) is 0 Å². The van der Waals surface area contributed by atoms with Crippen LogP contribution in [0.3, 0.4) is 0 Å². The van der Waals surface area contributed by atoms with E-state index in [0.29, 0.717) is 42.6 Å². The van der Waals surface area contributed by atoms with Crippen LogP contribution in [0.15, 0.2) is 60.7 Å². The highest BCUT2D eigenvalue weighted by Crippen LogP contribution is 2.47. The van der Waals surface area contributed by atoms with Gasteiger partial charge in [0, 0.05) is 36.0 Å². The molecule has 0 radical (unpaired) electrons. The molecule has 4 aromatic carbocycles. The molecule has 2 aliphatic heterocycles. The molecule has 1 saturated carbocycles. The van der Waals surface area contributed by atoms with Crippen molar-refractivity contribution in [1.29, 1.82) is 0 Å². The lowest BCUT2D eigenvalue weighted by Gasteiger charge is -2.35. The van der Waals surface area contributed by atoms with Crippen LogP contribution in [0.25, 0.3) is 21.9 Å². The number of ketones is 1. The summed E-state index contributed by atoms with van der Waals surface area (Å²) >= 11 is 0. The molecule has 2 bridgehead atoms. The number of Topliss-reactive ketones (excluding diaryl/α,β-unsaturated/α-hetero) is 1. The Morgan fingerprint density at radius 3 is 2.47 bits per heavy atom. The Hall–Kier alpha value is -3.41. The minimum Gasteiger partial charge on any atom is -0.508 e. The van der Waals surface area contributed by atoms with Crippen LogP contribution >= 0.6 is 21.6 Å². The molecule has 1 aliphatic carbocycles. The van der Waals surface area contributed by atoms with Gasteiger partial charge >= 0.3 is 0 Å². The molecule has 260 valence electrons. The molecule has 8 nitrogen and oxygen atoms in total. The van der Waals surface area contributed by atoms with E-state index >= 15 is 0 Å². The second-order valence-electron chi connectivity index (χ2n) is 13.1. The van der Waals surface area contributed by atoms with Crippen LogP contribution in [0.2, 0.25) is 0 Å². The molecule has 49 heavy (non-hydrogen) atoms. The van der Waals surface area contributed by atoms with Crippen LogP contribution in [-0.2, 0) is 28.2 Å². The van der Waals surface area contributed by atoms with E-state index < -0.39 is 6.23 Å². The summed E-state index contributed by atoms with van der Waals surface area (Å²) in [6, 6.07) is 18.6. The van der Waals surface area contributed by atoms with Crippen molar-refractivity contribution >= 4 is 38.1 Å². The number of carbonyl (C=O) groups excluding carboxylic acids is 1. The summed E-state index contributed by atoms with van der Waals surface area (Å²) in [6.45, 7) is 0.618. The van der Waals surface area contributed by atoms with Crippen molar-refractivity contribution in [2.75, 3.05) is 21.2 Å². The lowest BCUT2D eigenvalue weighted by molar-refractivity contribution is -0.127. The molecule has 0 aromatic heterocycles. The van der Waals surface area contributed by atoms with Gasteiger partial charge in [-0.25, -0.2) is 0 Å². The van der Waals surface area contributed by atoms with Gasteiger partial charge in [0.1, 0.15) is 23.5 Å². The summed E-state index contributed by atoms with van der Waals surface area (Å²) in [5.74, 6) is 1.87. The molecule has 2 atom stereocenters. The zero-order valence-corrected chi connectivity index (χ0v) is 30.0. The molecule has 2 heterocycles. The summed E-state index contributed by atoms with van der Waals surface area (Å²) in [6.07, 6.45) is 4.34. The molecule has 4 aromatic rings. The molecular formula is C39H46N2O6S2. The lowest BCUT2D eigenvalue weighted by atomic mass is 9.82. The third-order valence-electron chi connectivity index (χ3n) is 9.82. The standard InChI is InChI=1S/C39H46N2O6S2/c1-40-21-23-16-27(18-30(44)17-23)39(41-2)47-36-20-29(43)11-5-26-9-15-35(45)38(46-3)37(26)32-14-8-24-4-10-28(42)19-33(24)34(32)22-48-49-31-12-6-25(36)7-13-31/h4,8-10,14-19,25,31,36,39-42,44-45H,5-7,11-13,20-22H2,1-3H3. The fourth-order valence-corrected chi connectivity index (χ4v) is 10.3. The Morgan fingerprint density at radius 2 is 1.71 bits per heavy atom. The van der Waals surface area contributed by atoms with Crippen LogP contribution in [0, 0.1) is 5.92 Å². The van der Waals surface area contributed by atoms with Crippen molar-refractivity contribution in [1.82, 2.24) is 10.6 Å². The quantitative estimate of drug-likeness (QED) is 0.0957. The van der Waals surface area contributed by atoms with Gasteiger partial charge < -0.3 is 30.1 Å². The Labute approximate surface area is 296 Å². The van der Waals surface area contributed by atoms with E-state index in [0.717, 1.165) is 69.8 Å². The van der Waals surface area contributed by atoms with Gasteiger partial charge in [-0.1, -0.05) is 51.9 Å². The van der Waals surface area contributed by atoms with Gasteiger partial charge in [-0.3, -0.25) is 10.1 Å². The number of hydrogen-bond acceptors (Lipinski definition) is 10. The van der Waals surface area contributed by atoms with Gasteiger partial charge in [-0.05, 0) is 121 Å². The third kappa shape index (κ3) is 8.15. The molecule has 5 N–H and O–H groups in total. The SMILES string of the molecule is CNCc1cc(O)cc(C(NC)OC2CC(=O)CCc3ccc(O)c(OC)c3-c3ccc4ccc(O)cc4c3CSSC3CCC2CC3)c1. The van der Waals surface area contributed by atoms with E-state index in [1.165, 1.54) is 0 Å². The average molecular weight is 703 g/mol. The van der Waals surface area contributed by atoms with E-state index in [-0.39, 0.29) is 35.1 Å². The maximum absolute atomic E-state index is 13.9. The van der Waals surface area contributed by atoms with Crippen LogP contribution in [0.1, 0.15) is 67.0 Å². The number of ether oxygens (including phenoxy) is 2. The zero-order chi connectivity index (χ0) is 34.5. The summed E-state index contributed by atoms with van der Waals surface area (Å²) in [7, 11) is 9.01. The second kappa shape index (κ2) is 16.1. The highest BCUT2D eigenvalue weighted by atomic mass is 33.1. The van der Waals surface area contributed by atoms with Crippen molar-refractivity contribution in [3.8, 4) is 34.1 Å². The van der Waals surface area contributed by atoms with E-state index in [4.69, 9.17) is 9.47 Å². The van der Waals surface area contributed by atoms with Crippen molar-refractivity contribution in [2.45, 2.75) is 74.8 Å². The Bertz CT molecular complexity index is 1790. The van der Waals surface area contributed by atoms with Crippen molar-refractivity contribution in [2.24, 2.45) is 5.92 Å². The summed E-state index contributed by atoms with van der Waals surface area (Å²) in [5, 5.41) is 40.8. The molecular weight excluding hydrogens is 657 g/mol. The third-order valence-corrected chi connectivity index (χ3v) is 12.7. The number of benzene rings is 4. The highest BCUT2D eigenvalue weighted by Gasteiger charge is 2.33. The molecule has 2 unspecified atom stereocenters. The first-order chi connectivity index (χ1) is 23.8. The van der Waals surface area contributed by atoms with Gasteiger partial charge in [0.05, 0.1) is 13.2 Å². The van der Waals surface area contributed by atoms with E-state index in [9.17, 15) is 20.1 Å². The minimum atomic E-state index is -0.479. The number of phenolic OH excluding ortho intramolecular Hbond substituents is 3. The van der Waals surface area contributed by atoms with Gasteiger partial charge in [-0.2, -0.15) is 0 Å². The van der Waals surface area contributed by atoms with Crippen molar-refractivity contribution in [3.05, 3.63) is 82.9 Å². The normalized spacial score (nSPS) is 20.9. The predicted molar refractivity (Wildman–Crippen MR) is 199 cm³/mol. The number of hydrogen-bond donors (Lipinski definition) is 5. The van der Waals surface area contributed by atoms with E-state index in [2.05, 4.69) is 16.7 Å². The predicted octanol–water partition coefficient (Wildman–Crippen LogP) is 8.00. The molecule has 7 rings (SSSR count). The maximum Gasteiger partial charge on any atom is 0.168 e. The fourth-order valence-electron chi connectivity index (χ4n) is 7.40. The Morgan fingerprint density at radius 1 is 0.918 bits per heavy atom. The number of rotatable bonds is 7. The highest BCUT2D eigenvalue weighted by molar-refractivity contribution is 8.76. The second-order valence-corrected chi connectivity index (χ2v) is 15.8. The number of fused-ring (bicyclic) bond motifs is 9. The number of carbonyl (C=O) groups is 1. The van der Waals surface area contributed by atoms with Crippen molar-refractivity contribution in [3.63, 3.8) is 0 Å². The van der Waals surface area contributed by atoms with Gasteiger partial charge in [-0.15, -0.1) is 0 Å². The molecule has 0 spiro atoms.